The number of likely N-dealkylation sites (N-methyl/N-ethyl adjacent to an activating group) is 1. The Kier molecular flexibility index (Phi) is 4.27. The molecule has 1 amide bonds. The monoisotopic (exact) mass is 263 g/mol. The van der Waals surface area contributed by atoms with E-state index in [1.807, 2.05) is 18.2 Å². The Morgan fingerprint density at radius 1 is 1.53 bits per heavy atom. The van der Waals surface area contributed by atoms with Crippen LogP contribution in [0.2, 0.25) is 0 Å². The average Bonchev–Trinajstić information content (AvgIpc) is 2.44. The number of ether oxygens (including phenoxy) is 1. The number of rotatable bonds is 5. The number of nitrogens with zero attached hydrogens (tertiary/aromatic N) is 1. The van der Waals surface area contributed by atoms with E-state index >= 15 is 0 Å². The van der Waals surface area contributed by atoms with Crippen LogP contribution in [0.1, 0.15) is 13.3 Å². The molecule has 0 saturated carbocycles. The molecule has 2 rings (SSSR count). The van der Waals surface area contributed by atoms with Gasteiger partial charge in [0.05, 0.1) is 5.69 Å². The Hall–Kier alpha value is -1.75. The van der Waals surface area contributed by atoms with Gasteiger partial charge in [-0.25, -0.2) is 0 Å². The standard InChI is InChI=1S/C14H21N3O2/c1-3-10(7-15)8-16-11-4-5-13-12(6-11)17(2)14(18)9-19-13/h4-6,10,16H,3,7-9,15H2,1-2H3. The second kappa shape index (κ2) is 5.93. The van der Waals surface area contributed by atoms with Gasteiger partial charge in [0.15, 0.2) is 6.61 Å². The lowest BCUT2D eigenvalue weighted by Crippen LogP contribution is -2.35. The Balaban J connectivity index is 2.10. The number of fused-ring (bicyclic) bond motifs is 1. The summed E-state index contributed by atoms with van der Waals surface area (Å²) >= 11 is 0. The topological polar surface area (TPSA) is 67.6 Å². The van der Waals surface area contributed by atoms with Crippen molar-refractivity contribution in [3.63, 3.8) is 0 Å². The number of anilines is 2. The van der Waals surface area contributed by atoms with Crippen molar-refractivity contribution < 1.29 is 9.53 Å². The van der Waals surface area contributed by atoms with Crippen LogP contribution in [0.15, 0.2) is 18.2 Å². The van der Waals surface area contributed by atoms with Crippen molar-refractivity contribution in [1.29, 1.82) is 0 Å². The molecule has 0 aliphatic carbocycles. The molecule has 1 aliphatic heterocycles. The van der Waals surface area contributed by atoms with E-state index in [2.05, 4.69) is 12.2 Å². The first-order chi connectivity index (χ1) is 9.15. The summed E-state index contributed by atoms with van der Waals surface area (Å²) in [4.78, 5) is 13.2. The largest absolute Gasteiger partial charge is 0.482 e. The number of benzene rings is 1. The minimum Gasteiger partial charge on any atom is -0.482 e. The molecule has 0 radical (unpaired) electrons. The summed E-state index contributed by atoms with van der Waals surface area (Å²) in [5.41, 5.74) is 7.48. The fourth-order valence-corrected chi connectivity index (χ4v) is 2.04. The van der Waals surface area contributed by atoms with Crippen LogP contribution < -0.4 is 20.7 Å². The fourth-order valence-electron chi connectivity index (χ4n) is 2.04. The van der Waals surface area contributed by atoms with Crippen LogP contribution in [0.4, 0.5) is 11.4 Å². The molecule has 0 spiro atoms. The van der Waals surface area contributed by atoms with Crippen molar-refractivity contribution in [2.24, 2.45) is 11.7 Å². The molecule has 5 heteroatoms. The molecule has 1 unspecified atom stereocenters. The normalized spacial score (nSPS) is 15.7. The van der Waals surface area contributed by atoms with Crippen molar-refractivity contribution in [3.05, 3.63) is 18.2 Å². The van der Waals surface area contributed by atoms with Crippen LogP contribution in [0.25, 0.3) is 0 Å². The van der Waals surface area contributed by atoms with Gasteiger partial charge in [0.2, 0.25) is 0 Å². The van der Waals surface area contributed by atoms with Gasteiger partial charge in [-0.15, -0.1) is 0 Å². The van der Waals surface area contributed by atoms with Crippen molar-refractivity contribution in [2.75, 3.05) is 37.0 Å². The molecule has 1 atom stereocenters. The van der Waals surface area contributed by atoms with Crippen LogP contribution in [0, 0.1) is 5.92 Å². The molecule has 1 aliphatic rings. The van der Waals surface area contributed by atoms with Gasteiger partial charge in [0.1, 0.15) is 5.75 Å². The molecular formula is C14H21N3O2. The summed E-state index contributed by atoms with van der Waals surface area (Å²) in [5.74, 6) is 1.18. The van der Waals surface area contributed by atoms with E-state index in [0.717, 1.165) is 30.1 Å². The van der Waals surface area contributed by atoms with E-state index in [1.54, 1.807) is 11.9 Å². The highest BCUT2D eigenvalue weighted by Crippen LogP contribution is 2.33. The predicted molar refractivity (Wildman–Crippen MR) is 76.7 cm³/mol. The molecule has 0 saturated heterocycles. The maximum absolute atomic E-state index is 11.6. The molecule has 0 aromatic heterocycles. The minimum absolute atomic E-state index is 0.0296. The highest BCUT2D eigenvalue weighted by molar-refractivity contribution is 5.97. The number of nitrogens with two attached hydrogens (primary N) is 1. The van der Waals surface area contributed by atoms with E-state index in [4.69, 9.17) is 10.5 Å². The average molecular weight is 263 g/mol. The third-order valence-corrected chi connectivity index (χ3v) is 3.55. The maximum Gasteiger partial charge on any atom is 0.264 e. The zero-order valence-electron chi connectivity index (χ0n) is 11.5. The van der Waals surface area contributed by atoms with E-state index in [9.17, 15) is 4.79 Å². The number of amides is 1. The Bertz CT molecular complexity index is 458. The molecule has 1 aromatic rings. The lowest BCUT2D eigenvalue weighted by atomic mass is 10.1. The van der Waals surface area contributed by atoms with Gasteiger partial charge < -0.3 is 20.7 Å². The summed E-state index contributed by atoms with van der Waals surface area (Å²) in [7, 11) is 1.77. The van der Waals surface area contributed by atoms with Gasteiger partial charge >= 0.3 is 0 Å². The van der Waals surface area contributed by atoms with E-state index < -0.39 is 0 Å². The second-order valence-electron chi connectivity index (χ2n) is 4.81. The minimum atomic E-state index is -0.0296. The fraction of sp³-hybridized carbons (Fsp3) is 0.500. The van der Waals surface area contributed by atoms with Gasteiger partial charge in [0, 0.05) is 19.3 Å². The SMILES string of the molecule is CCC(CN)CNc1ccc2c(c1)N(C)C(=O)CO2. The molecule has 1 aromatic carbocycles. The summed E-state index contributed by atoms with van der Waals surface area (Å²) in [6, 6.07) is 5.80. The van der Waals surface area contributed by atoms with Crippen LogP contribution in [0.3, 0.4) is 0 Å². The molecule has 104 valence electrons. The third kappa shape index (κ3) is 2.98. The number of hydrogen-bond acceptors (Lipinski definition) is 4. The summed E-state index contributed by atoms with van der Waals surface area (Å²) in [5, 5.41) is 3.36. The van der Waals surface area contributed by atoms with Crippen molar-refractivity contribution in [1.82, 2.24) is 0 Å². The van der Waals surface area contributed by atoms with Gasteiger partial charge in [-0.2, -0.15) is 0 Å². The van der Waals surface area contributed by atoms with Crippen LogP contribution in [-0.2, 0) is 4.79 Å². The van der Waals surface area contributed by atoms with Crippen LogP contribution in [-0.4, -0.2) is 32.7 Å². The number of carbonyl (C=O) groups is 1. The maximum atomic E-state index is 11.6. The van der Waals surface area contributed by atoms with E-state index in [1.165, 1.54) is 0 Å². The lowest BCUT2D eigenvalue weighted by molar-refractivity contribution is -0.120. The highest BCUT2D eigenvalue weighted by Gasteiger charge is 2.22. The lowest BCUT2D eigenvalue weighted by Gasteiger charge is -2.26. The summed E-state index contributed by atoms with van der Waals surface area (Å²) in [6.45, 7) is 3.76. The Labute approximate surface area is 113 Å². The molecule has 1 heterocycles. The molecule has 19 heavy (non-hydrogen) atoms. The predicted octanol–water partition coefficient (Wildman–Crippen LogP) is 1.44. The summed E-state index contributed by atoms with van der Waals surface area (Å²) < 4.78 is 5.39. The first kappa shape index (κ1) is 13.7. The Morgan fingerprint density at radius 3 is 3.00 bits per heavy atom. The summed E-state index contributed by atoms with van der Waals surface area (Å²) in [6.07, 6.45) is 1.05. The second-order valence-corrected chi connectivity index (χ2v) is 4.81. The van der Waals surface area contributed by atoms with Crippen molar-refractivity contribution in [2.45, 2.75) is 13.3 Å². The van der Waals surface area contributed by atoms with Gasteiger partial charge in [-0.1, -0.05) is 13.3 Å². The molecular weight excluding hydrogens is 242 g/mol. The number of hydrogen-bond donors (Lipinski definition) is 2. The van der Waals surface area contributed by atoms with E-state index in [-0.39, 0.29) is 12.5 Å². The van der Waals surface area contributed by atoms with Crippen LogP contribution in [0.5, 0.6) is 5.75 Å². The molecule has 0 bridgehead atoms. The zero-order chi connectivity index (χ0) is 13.8. The first-order valence-corrected chi connectivity index (χ1v) is 6.63. The number of carbonyl (C=O) groups excluding carboxylic acids is 1. The van der Waals surface area contributed by atoms with Gasteiger partial charge in [-0.3, -0.25) is 4.79 Å². The zero-order valence-corrected chi connectivity index (χ0v) is 11.5. The van der Waals surface area contributed by atoms with Crippen molar-refractivity contribution in [3.8, 4) is 5.75 Å². The first-order valence-electron chi connectivity index (χ1n) is 6.63. The molecule has 0 fully saturated rings. The number of nitrogens with one attached hydrogen (secondary N) is 1. The van der Waals surface area contributed by atoms with Crippen LogP contribution >= 0.6 is 0 Å². The van der Waals surface area contributed by atoms with E-state index in [0.29, 0.717) is 12.5 Å². The van der Waals surface area contributed by atoms with Gasteiger partial charge in [-0.05, 0) is 30.7 Å². The molecule has 3 N–H and O–H groups in total. The van der Waals surface area contributed by atoms with Crippen molar-refractivity contribution >= 4 is 17.3 Å². The quantitative estimate of drug-likeness (QED) is 0.843. The smallest absolute Gasteiger partial charge is 0.264 e. The Morgan fingerprint density at radius 2 is 2.32 bits per heavy atom. The third-order valence-electron chi connectivity index (χ3n) is 3.55. The highest BCUT2D eigenvalue weighted by atomic mass is 16.5. The van der Waals surface area contributed by atoms with Gasteiger partial charge in [0.25, 0.3) is 5.91 Å². The molecule has 5 nitrogen and oxygen atoms in total.